The number of benzene rings is 2. The molecule has 72 heavy (non-hydrogen) atoms. The predicted octanol–water partition coefficient (Wildman–Crippen LogP) is 1.91. The highest BCUT2D eigenvalue weighted by Crippen LogP contribution is 2.29. The molecule has 21 nitrogen and oxygen atoms in total. The van der Waals surface area contributed by atoms with Crippen LogP contribution < -0.4 is 36.6 Å². The van der Waals surface area contributed by atoms with E-state index >= 15 is 0 Å². The molecule has 0 aromatic heterocycles. The zero-order valence-electron chi connectivity index (χ0n) is 41.1. The van der Waals surface area contributed by atoms with E-state index in [1.165, 1.54) is 14.0 Å². The second-order valence-electron chi connectivity index (χ2n) is 17.5. The molecule has 0 aliphatic rings. The monoisotopic (exact) mass is 1030 g/mol. The molecule has 0 unspecified atom stereocenters. The van der Waals surface area contributed by atoms with Crippen molar-refractivity contribution in [3.05, 3.63) is 65.0 Å². The van der Waals surface area contributed by atoms with Gasteiger partial charge in [-0.3, -0.25) is 33.6 Å². The lowest BCUT2D eigenvalue weighted by atomic mass is 10.0. The summed E-state index contributed by atoms with van der Waals surface area (Å²) in [6.45, 7) is 8.66. The maximum Gasteiger partial charge on any atom is 0.408 e. The Hall–Kier alpha value is -7.41. The van der Waals surface area contributed by atoms with Crippen molar-refractivity contribution in [2.75, 3.05) is 34.4 Å². The van der Waals surface area contributed by atoms with E-state index in [1.54, 1.807) is 65.0 Å². The van der Waals surface area contributed by atoms with E-state index < -0.39 is 143 Å². The third-order valence-electron chi connectivity index (χ3n) is 9.89. The number of likely N-dealkylation sites (N-methyl/N-ethyl adjacent to an activating group) is 1. The summed E-state index contributed by atoms with van der Waals surface area (Å²) < 4.78 is 87.9. The third-order valence-corrected chi connectivity index (χ3v) is 9.89. The van der Waals surface area contributed by atoms with Gasteiger partial charge in [-0.25, -0.2) is 27.6 Å². The van der Waals surface area contributed by atoms with Gasteiger partial charge in [-0.05, 0) is 52.0 Å². The molecule has 2 aromatic carbocycles. The maximum absolute atomic E-state index is 14.1. The van der Waals surface area contributed by atoms with Gasteiger partial charge in [0.25, 0.3) is 0 Å². The fraction of sp³-hybridized carbons (Fsp3) is 0.522. The van der Waals surface area contributed by atoms with Gasteiger partial charge in [0.15, 0.2) is 0 Å². The lowest BCUT2D eigenvalue weighted by Gasteiger charge is -2.25. The Balaban J connectivity index is 1.98. The molecule has 0 heterocycles. The lowest BCUT2D eigenvalue weighted by molar-refractivity contribution is -0.149. The summed E-state index contributed by atoms with van der Waals surface area (Å²) in [6.07, 6.45) is -3.06. The number of ether oxygens (including phenoxy) is 4. The molecule has 26 heteroatoms. The van der Waals surface area contributed by atoms with Gasteiger partial charge >= 0.3 is 24.0 Å². The first-order valence-corrected chi connectivity index (χ1v) is 22.2. The Morgan fingerprint density at radius 1 is 0.639 bits per heavy atom. The topological polar surface area (TPSA) is 283 Å². The van der Waals surface area contributed by atoms with Gasteiger partial charge in [-0.1, -0.05) is 44.2 Å². The summed E-state index contributed by atoms with van der Waals surface area (Å²) in [7, 11) is 3.14. The molecule has 0 radical (unpaired) electrons. The molecule has 398 valence electrons. The molecule has 6 N–H and O–H groups in total. The van der Waals surface area contributed by atoms with E-state index in [-0.39, 0.29) is 44.6 Å². The predicted molar refractivity (Wildman–Crippen MR) is 241 cm³/mol. The lowest BCUT2D eigenvalue weighted by Crippen LogP contribution is -2.56. The first-order valence-electron chi connectivity index (χ1n) is 22.2. The van der Waals surface area contributed by atoms with Crippen molar-refractivity contribution in [3.63, 3.8) is 0 Å². The minimum atomic E-state index is -2.52. The number of carbonyl (C=O) groups is 10. The average molecular weight is 1030 g/mol. The van der Waals surface area contributed by atoms with Gasteiger partial charge in [0.1, 0.15) is 35.8 Å². The number of carbonyl (C=O) groups excluding carboxylic acids is 10. The number of hydrogen-bond acceptors (Lipinski definition) is 14. The molecule has 0 fully saturated rings. The van der Waals surface area contributed by atoms with E-state index in [4.69, 9.17) is 9.47 Å². The van der Waals surface area contributed by atoms with E-state index in [2.05, 4.69) is 41.4 Å². The standard InChI is InChI=1S/C46H60F5N7O14/c1-23(2)19-27(42(65)56-29(44(67)70-9)21-33(62)71-39-37(50)35(48)34(47)36(49)38(39)51)55-40(63)24(3)53-31(60)22-58(7)32(61)16-15-26(43(66)69-8)54-30(59)17-18-52-41(64)28(20-25-13-11-10-12-14-25)57-45(68)72-46(4,5)6/h10-14,23-24,26-29H,15-22H2,1-9H3,(H,52,64)(H,53,60)(H,54,59)(H,55,63)(H,56,65)(H,57,68)/t24-,26-,27+,28+,29-/m1/s1. The van der Waals surface area contributed by atoms with E-state index in [0.29, 0.717) is 0 Å². The fourth-order valence-electron chi connectivity index (χ4n) is 6.31. The molecule has 0 spiro atoms. The number of rotatable bonds is 25. The second kappa shape index (κ2) is 28.4. The number of halogens is 5. The Kier molecular flexibility index (Phi) is 24.0. The highest BCUT2D eigenvalue weighted by Gasteiger charge is 2.34. The van der Waals surface area contributed by atoms with Crippen molar-refractivity contribution in [3.8, 4) is 5.75 Å². The van der Waals surface area contributed by atoms with Crippen LogP contribution in [0.15, 0.2) is 30.3 Å². The largest absolute Gasteiger partial charge is 0.467 e. The molecular formula is C46H60F5N7O14. The molecule has 0 bridgehead atoms. The zero-order valence-corrected chi connectivity index (χ0v) is 41.1. The van der Waals surface area contributed by atoms with Crippen LogP contribution in [0.3, 0.4) is 0 Å². The highest BCUT2D eigenvalue weighted by molar-refractivity contribution is 5.95. The summed E-state index contributed by atoms with van der Waals surface area (Å²) in [4.78, 5) is 130. The number of alkyl carbamates (subject to hydrolysis) is 1. The zero-order chi connectivity index (χ0) is 54.6. The normalized spacial score (nSPS) is 13.2. The van der Waals surface area contributed by atoms with Crippen LogP contribution in [0.25, 0.3) is 0 Å². The molecule has 2 rings (SSSR count). The van der Waals surface area contributed by atoms with Crippen LogP contribution in [0.4, 0.5) is 26.7 Å². The fourth-order valence-corrected chi connectivity index (χ4v) is 6.31. The van der Waals surface area contributed by atoms with E-state index in [0.717, 1.165) is 24.7 Å². The third kappa shape index (κ3) is 20.1. The number of nitrogens with one attached hydrogen (secondary N) is 6. The summed E-state index contributed by atoms with van der Waals surface area (Å²) in [5.41, 5.74) is -0.106. The molecule has 0 saturated heterocycles. The molecule has 2 aromatic rings. The smallest absolute Gasteiger partial charge is 0.408 e. The molecule has 0 aliphatic carbocycles. The number of methoxy groups -OCH3 is 2. The van der Waals surface area contributed by atoms with Crippen molar-refractivity contribution in [2.45, 2.75) is 116 Å². The SMILES string of the molecule is COC(=O)[C@@H](CCC(=O)N(C)CC(=O)N[C@H](C)C(=O)N[C@@H](CC(C)C)C(=O)N[C@H](CC(=O)Oc1c(F)c(F)c(F)c(F)c1F)C(=O)OC)NC(=O)CCNC(=O)[C@H](Cc1ccccc1)NC(=O)OC(C)(C)C. The Bertz CT molecular complexity index is 2270. The van der Waals surface area contributed by atoms with Gasteiger partial charge in [0.05, 0.1) is 27.2 Å². The molecule has 0 aliphatic heterocycles. The van der Waals surface area contributed by atoms with Crippen LogP contribution >= 0.6 is 0 Å². The molecule has 0 saturated carbocycles. The summed E-state index contributed by atoms with van der Waals surface area (Å²) in [5.74, 6) is -23.4. The van der Waals surface area contributed by atoms with Crippen LogP contribution in [0.1, 0.15) is 79.2 Å². The van der Waals surface area contributed by atoms with Crippen LogP contribution in [0.2, 0.25) is 0 Å². The maximum atomic E-state index is 14.1. The van der Waals surface area contributed by atoms with Gasteiger partial charge in [0.2, 0.25) is 70.3 Å². The van der Waals surface area contributed by atoms with Crippen LogP contribution in [-0.4, -0.2) is 135 Å². The second-order valence-corrected chi connectivity index (χ2v) is 17.5. The van der Waals surface area contributed by atoms with Crippen molar-refractivity contribution >= 4 is 59.4 Å². The number of hydrogen-bond donors (Lipinski definition) is 6. The molecule has 7 amide bonds. The summed E-state index contributed by atoms with van der Waals surface area (Å²) in [5, 5.41) is 14.4. The molecular weight excluding hydrogens is 970 g/mol. The first-order chi connectivity index (χ1) is 33.6. The van der Waals surface area contributed by atoms with Crippen LogP contribution in [0.5, 0.6) is 5.75 Å². The van der Waals surface area contributed by atoms with Crippen molar-refractivity contribution in [2.24, 2.45) is 5.92 Å². The van der Waals surface area contributed by atoms with Crippen LogP contribution in [0, 0.1) is 35.0 Å². The van der Waals surface area contributed by atoms with Gasteiger partial charge in [0, 0.05) is 32.9 Å². The summed E-state index contributed by atoms with van der Waals surface area (Å²) >= 11 is 0. The first kappa shape index (κ1) is 60.7. The molecule has 5 atom stereocenters. The highest BCUT2D eigenvalue weighted by atomic mass is 19.2. The quantitative estimate of drug-likeness (QED) is 0.0207. The van der Waals surface area contributed by atoms with Crippen molar-refractivity contribution < 1.29 is 88.8 Å². The van der Waals surface area contributed by atoms with Crippen molar-refractivity contribution in [1.82, 2.24) is 36.8 Å². The van der Waals surface area contributed by atoms with Gasteiger partial charge < -0.3 is 55.7 Å². The number of esters is 3. The van der Waals surface area contributed by atoms with Crippen LogP contribution in [-0.2, 0) is 63.8 Å². The van der Waals surface area contributed by atoms with Gasteiger partial charge in [-0.15, -0.1) is 0 Å². The van der Waals surface area contributed by atoms with E-state index in [1.807, 2.05) is 0 Å². The Morgan fingerprint density at radius 2 is 1.19 bits per heavy atom. The summed E-state index contributed by atoms with van der Waals surface area (Å²) in [6, 6.07) is 1.63. The number of nitrogens with zero attached hydrogens (tertiary/aromatic N) is 1. The Morgan fingerprint density at radius 3 is 1.75 bits per heavy atom. The average Bonchev–Trinajstić information content (AvgIpc) is 3.30. The minimum Gasteiger partial charge on any atom is -0.467 e. The minimum absolute atomic E-state index is 0.104. The number of amides is 7. The van der Waals surface area contributed by atoms with Gasteiger partial charge in [-0.2, -0.15) is 8.78 Å². The Labute approximate surface area is 411 Å². The van der Waals surface area contributed by atoms with E-state index in [9.17, 15) is 69.9 Å². The van der Waals surface area contributed by atoms with Crippen molar-refractivity contribution in [1.29, 1.82) is 0 Å².